The van der Waals surface area contributed by atoms with Gasteiger partial charge in [0, 0.05) is 11.5 Å². The molecule has 2 aromatic heterocycles. The molecule has 0 saturated carbocycles. The molecule has 0 unspecified atom stereocenters. The summed E-state index contributed by atoms with van der Waals surface area (Å²) in [5.74, 6) is 1.74. The number of rotatable bonds is 1. The molecule has 0 bridgehead atoms. The Morgan fingerprint density at radius 3 is 2.13 bits per heavy atom. The van der Waals surface area contributed by atoms with Crippen molar-refractivity contribution in [2.24, 2.45) is 0 Å². The second-order valence-electron chi connectivity index (χ2n) is 9.41. The van der Waals surface area contributed by atoms with Gasteiger partial charge in [-0.1, -0.05) is 39.0 Å². The summed E-state index contributed by atoms with van der Waals surface area (Å²) in [6, 6.07) is 12.9. The lowest BCUT2D eigenvalue weighted by Crippen LogP contribution is -2.18. The summed E-state index contributed by atoms with van der Waals surface area (Å²) >= 11 is 0. The molecule has 0 fully saturated rings. The highest BCUT2D eigenvalue weighted by Crippen LogP contribution is 2.56. The van der Waals surface area contributed by atoms with Crippen molar-refractivity contribution in [3.8, 4) is 11.9 Å². The Labute approximate surface area is 177 Å². The minimum Gasteiger partial charge on any atom is -0.429 e. The topological polar surface area (TPSA) is 38.8 Å². The number of hydrogen-bond donors (Lipinski definition) is 0. The Morgan fingerprint density at radius 2 is 1.47 bits per heavy atom. The van der Waals surface area contributed by atoms with Crippen LogP contribution in [0, 0.1) is 27.7 Å². The molecule has 4 nitrogen and oxygen atoms in total. The van der Waals surface area contributed by atoms with E-state index < -0.39 is 0 Å². The predicted octanol–water partition coefficient (Wildman–Crippen LogP) is 8.13. The summed E-state index contributed by atoms with van der Waals surface area (Å²) in [6.07, 6.45) is 0. The first kappa shape index (κ1) is 18.9. The third-order valence-corrected chi connectivity index (χ3v) is 5.82. The van der Waals surface area contributed by atoms with Crippen molar-refractivity contribution in [2.75, 3.05) is 4.90 Å². The fourth-order valence-electron chi connectivity index (χ4n) is 4.34. The van der Waals surface area contributed by atoms with E-state index in [0.29, 0.717) is 11.9 Å². The van der Waals surface area contributed by atoms with Crippen LogP contribution < -0.4 is 9.64 Å². The zero-order valence-corrected chi connectivity index (χ0v) is 18.6. The quantitative estimate of drug-likeness (QED) is 0.284. The Morgan fingerprint density at radius 1 is 0.767 bits per heavy atom. The number of fused-ring (bicyclic) bond motifs is 4. The number of anilines is 3. The Kier molecular flexibility index (Phi) is 3.88. The maximum absolute atomic E-state index is 6.12. The third kappa shape index (κ3) is 2.74. The number of ether oxygens (including phenoxy) is 1. The van der Waals surface area contributed by atoms with Crippen LogP contribution in [0.15, 0.2) is 45.2 Å². The van der Waals surface area contributed by atoms with E-state index in [2.05, 4.69) is 70.7 Å². The van der Waals surface area contributed by atoms with Gasteiger partial charge in [-0.25, -0.2) is 0 Å². The molecule has 1 aliphatic rings. The summed E-state index contributed by atoms with van der Waals surface area (Å²) in [5, 5.41) is 1.03. The molecular formula is C26H27NO3. The highest BCUT2D eigenvalue weighted by molar-refractivity contribution is 6.02. The van der Waals surface area contributed by atoms with Crippen molar-refractivity contribution in [1.29, 1.82) is 0 Å². The zero-order valence-electron chi connectivity index (χ0n) is 18.6. The molecule has 1 aliphatic heterocycles. The van der Waals surface area contributed by atoms with Crippen LogP contribution in [0.25, 0.3) is 11.0 Å². The van der Waals surface area contributed by atoms with E-state index in [9.17, 15) is 0 Å². The van der Waals surface area contributed by atoms with E-state index in [1.165, 1.54) is 16.7 Å². The van der Waals surface area contributed by atoms with Gasteiger partial charge in [0.2, 0.25) is 0 Å². The maximum atomic E-state index is 6.12. The van der Waals surface area contributed by atoms with Crippen LogP contribution >= 0.6 is 0 Å². The van der Waals surface area contributed by atoms with Crippen LogP contribution in [0.4, 0.5) is 17.1 Å². The summed E-state index contributed by atoms with van der Waals surface area (Å²) in [7, 11) is 0. The van der Waals surface area contributed by atoms with Crippen LogP contribution in [0.2, 0.25) is 0 Å². The van der Waals surface area contributed by atoms with Crippen molar-refractivity contribution in [2.45, 2.75) is 53.9 Å². The van der Waals surface area contributed by atoms with Crippen molar-refractivity contribution >= 4 is 28.0 Å². The average molecular weight is 402 g/mol. The van der Waals surface area contributed by atoms with Gasteiger partial charge >= 0.3 is 11.9 Å². The molecule has 0 N–H and O–H groups in total. The Bertz CT molecular complexity index is 1280. The minimum absolute atomic E-state index is 0.0848. The first-order valence-corrected chi connectivity index (χ1v) is 10.4. The first-order valence-electron chi connectivity index (χ1n) is 10.4. The van der Waals surface area contributed by atoms with E-state index in [-0.39, 0.29) is 5.41 Å². The Hall–Kier alpha value is -3.14. The molecular weight excluding hydrogens is 374 g/mol. The highest BCUT2D eigenvalue weighted by atomic mass is 16.7. The van der Waals surface area contributed by atoms with Gasteiger partial charge in [0.1, 0.15) is 22.7 Å². The zero-order chi connectivity index (χ0) is 21.4. The van der Waals surface area contributed by atoms with Gasteiger partial charge in [0.25, 0.3) is 0 Å². The molecule has 5 rings (SSSR count). The van der Waals surface area contributed by atoms with Crippen LogP contribution in [-0.4, -0.2) is 0 Å². The number of furan rings is 2. The first-order chi connectivity index (χ1) is 14.1. The largest absolute Gasteiger partial charge is 0.429 e. The molecule has 0 amide bonds. The van der Waals surface area contributed by atoms with Gasteiger partial charge in [0.05, 0.1) is 5.69 Å². The lowest BCUT2D eigenvalue weighted by atomic mass is 9.84. The van der Waals surface area contributed by atoms with Crippen molar-refractivity contribution in [1.82, 2.24) is 0 Å². The predicted molar refractivity (Wildman–Crippen MR) is 121 cm³/mol. The van der Waals surface area contributed by atoms with Crippen molar-refractivity contribution < 1.29 is 13.6 Å². The number of hydrogen-bond acceptors (Lipinski definition) is 4. The molecule has 3 heterocycles. The molecule has 154 valence electrons. The number of benzene rings is 2. The summed E-state index contributed by atoms with van der Waals surface area (Å²) < 4.78 is 18.0. The minimum atomic E-state index is 0.0848. The van der Waals surface area contributed by atoms with E-state index in [1.54, 1.807) is 0 Å². The van der Waals surface area contributed by atoms with E-state index in [4.69, 9.17) is 13.6 Å². The molecule has 2 aromatic carbocycles. The monoisotopic (exact) mass is 401 g/mol. The van der Waals surface area contributed by atoms with E-state index in [0.717, 1.165) is 39.4 Å². The fraction of sp³-hybridized carbons (Fsp3) is 0.308. The van der Waals surface area contributed by atoms with Crippen molar-refractivity contribution in [3.63, 3.8) is 0 Å². The van der Waals surface area contributed by atoms with Crippen LogP contribution in [-0.2, 0) is 5.41 Å². The van der Waals surface area contributed by atoms with Crippen molar-refractivity contribution in [3.05, 3.63) is 64.4 Å². The normalized spacial score (nSPS) is 13.4. The molecule has 0 spiro atoms. The number of nitrogens with zero attached hydrogens (tertiary/aromatic N) is 1. The number of aryl methyl sites for hydroxylation is 4. The summed E-state index contributed by atoms with van der Waals surface area (Å²) in [4.78, 5) is 2.24. The average Bonchev–Trinajstić information content (AvgIpc) is 3.17. The van der Waals surface area contributed by atoms with E-state index >= 15 is 0 Å². The molecule has 4 heteroatoms. The van der Waals surface area contributed by atoms with Gasteiger partial charge < -0.3 is 13.6 Å². The SMILES string of the molecule is Cc1ccc2c3c(oc2c1)Oc1oc(C)cc1N3c1c(C)cc(C(C)(C)C)cc1C. The Balaban J connectivity index is 1.82. The molecule has 4 aromatic rings. The van der Waals surface area contributed by atoms with Gasteiger partial charge in [0.15, 0.2) is 0 Å². The molecule has 0 aliphatic carbocycles. The maximum Gasteiger partial charge on any atom is 0.318 e. The molecule has 0 saturated heterocycles. The van der Waals surface area contributed by atoms with Gasteiger partial charge in [-0.15, -0.1) is 0 Å². The lowest BCUT2D eigenvalue weighted by Gasteiger charge is -2.31. The second-order valence-corrected chi connectivity index (χ2v) is 9.41. The van der Waals surface area contributed by atoms with Crippen LogP contribution in [0.1, 0.15) is 48.8 Å². The molecule has 0 radical (unpaired) electrons. The standard InChI is InChI=1S/C26H27NO3/c1-14-8-9-19-21(10-14)29-25-23(19)27(20-13-17(4)28-24(20)30-25)22-15(2)11-18(12-16(22)3)26(5,6)7/h8-13H,1-7H3. The highest BCUT2D eigenvalue weighted by Gasteiger charge is 2.36. The molecule has 0 atom stereocenters. The second kappa shape index (κ2) is 6.18. The fourth-order valence-corrected chi connectivity index (χ4v) is 4.34. The van der Waals surface area contributed by atoms with Gasteiger partial charge in [-0.05, 0) is 67.5 Å². The van der Waals surface area contributed by atoms with Crippen LogP contribution in [0.5, 0.6) is 11.9 Å². The van der Waals surface area contributed by atoms with Crippen LogP contribution in [0.3, 0.4) is 0 Å². The smallest absolute Gasteiger partial charge is 0.318 e. The van der Waals surface area contributed by atoms with Gasteiger partial charge in [-0.2, -0.15) is 0 Å². The summed E-state index contributed by atoms with van der Waals surface area (Å²) in [6.45, 7) is 15.1. The molecule has 30 heavy (non-hydrogen) atoms. The van der Waals surface area contributed by atoms with Gasteiger partial charge in [-0.3, -0.25) is 4.90 Å². The third-order valence-electron chi connectivity index (χ3n) is 5.82. The lowest BCUT2D eigenvalue weighted by molar-refractivity contribution is 0.280. The van der Waals surface area contributed by atoms with E-state index in [1.807, 2.05) is 19.1 Å². The summed E-state index contributed by atoms with van der Waals surface area (Å²) in [5.41, 5.74) is 8.75.